The van der Waals surface area contributed by atoms with Crippen molar-refractivity contribution >= 4 is 11.6 Å². The zero-order valence-electron chi connectivity index (χ0n) is 11.8. The molecule has 3 heteroatoms. The van der Waals surface area contributed by atoms with Crippen LogP contribution >= 0.6 is 11.6 Å². The van der Waals surface area contributed by atoms with E-state index in [0.717, 1.165) is 36.1 Å². The summed E-state index contributed by atoms with van der Waals surface area (Å²) in [5.41, 5.74) is 0.963. The average molecular weight is 282 g/mol. The summed E-state index contributed by atoms with van der Waals surface area (Å²) in [6, 6.07) is 8.27. The molecule has 1 aromatic rings. The van der Waals surface area contributed by atoms with Crippen molar-refractivity contribution in [1.82, 2.24) is 4.90 Å². The third kappa shape index (κ3) is 4.79. The van der Waals surface area contributed by atoms with Crippen LogP contribution in [0.1, 0.15) is 44.8 Å². The highest BCUT2D eigenvalue weighted by Gasteiger charge is 2.29. The summed E-state index contributed by atoms with van der Waals surface area (Å²) in [5, 5.41) is 10.9. The number of hydrogen-bond donors (Lipinski definition) is 1. The maximum atomic E-state index is 10.2. The van der Waals surface area contributed by atoms with E-state index in [0.29, 0.717) is 5.92 Å². The van der Waals surface area contributed by atoms with E-state index in [-0.39, 0.29) is 6.10 Å². The Morgan fingerprint density at radius 3 is 2.42 bits per heavy atom. The van der Waals surface area contributed by atoms with Gasteiger partial charge in [0.25, 0.3) is 0 Å². The van der Waals surface area contributed by atoms with Crippen molar-refractivity contribution in [1.29, 1.82) is 0 Å². The van der Waals surface area contributed by atoms with E-state index < -0.39 is 0 Å². The summed E-state index contributed by atoms with van der Waals surface area (Å²) in [6.45, 7) is 6.63. The maximum Gasteiger partial charge on any atom is 0.0802 e. The van der Waals surface area contributed by atoms with Crippen LogP contribution in [0.25, 0.3) is 0 Å². The van der Waals surface area contributed by atoms with Gasteiger partial charge in [-0.25, -0.2) is 0 Å². The molecule has 0 saturated heterocycles. The normalized spacial score (nSPS) is 17.2. The molecule has 1 aromatic carbocycles. The second-order valence-corrected chi connectivity index (χ2v) is 6.41. The van der Waals surface area contributed by atoms with E-state index in [9.17, 15) is 5.11 Å². The SMILES string of the molecule is CC(C)CN(CCC(O)c1ccc(Cl)cc1)C1CC1. The topological polar surface area (TPSA) is 23.5 Å². The summed E-state index contributed by atoms with van der Waals surface area (Å²) in [6.07, 6.45) is 3.06. The first kappa shape index (κ1) is 14.8. The van der Waals surface area contributed by atoms with Gasteiger partial charge < -0.3 is 10.0 Å². The van der Waals surface area contributed by atoms with Crippen molar-refractivity contribution in [2.24, 2.45) is 5.92 Å². The molecular weight excluding hydrogens is 258 g/mol. The molecule has 1 fully saturated rings. The molecule has 0 heterocycles. The zero-order valence-corrected chi connectivity index (χ0v) is 12.6. The van der Waals surface area contributed by atoms with E-state index in [1.807, 2.05) is 24.3 Å². The second-order valence-electron chi connectivity index (χ2n) is 5.98. The molecule has 1 N–H and O–H groups in total. The highest BCUT2D eigenvalue weighted by atomic mass is 35.5. The molecule has 2 nitrogen and oxygen atoms in total. The molecule has 1 aliphatic carbocycles. The van der Waals surface area contributed by atoms with Gasteiger partial charge in [-0.15, -0.1) is 0 Å². The molecule has 0 bridgehead atoms. The van der Waals surface area contributed by atoms with Crippen molar-refractivity contribution in [3.05, 3.63) is 34.9 Å². The Hall–Kier alpha value is -0.570. The number of rotatable bonds is 7. The minimum Gasteiger partial charge on any atom is -0.388 e. The first-order valence-corrected chi connectivity index (χ1v) is 7.61. The Morgan fingerprint density at radius 1 is 1.26 bits per heavy atom. The standard InChI is InChI=1S/C16H24ClNO/c1-12(2)11-18(15-7-8-15)10-9-16(19)13-3-5-14(17)6-4-13/h3-6,12,15-16,19H,7-11H2,1-2H3. The van der Waals surface area contributed by atoms with Crippen LogP contribution in [-0.4, -0.2) is 29.1 Å². The Morgan fingerprint density at radius 2 is 1.89 bits per heavy atom. The zero-order chi connectivity index (χ0) is 13.8. The van der Waals surface area contributed by atoms with Crippen LogP contribution in [0, 0.1) is 5.92 Å². The van der Waals surface area contributed by atoms with E-state index in [1.54, 1.807) is 0 Å². The van der Waals surface area contributed by atoms with Crippen molar-refractivity contribution in [3.8, 4) is 0 Å². The molecule has 106 valence electrons. The number of benzene rings is 1. The molecule has 0 spiro atoms. The largest absolute Gasteiger partial charge is 0.388 e. The Balaban J connectivity index is 1.84. The van der Waals surface area contributed by atoms with Gasteiger partial charge in [0.05, 0.1) is 6.10 Å². The van der Waals surface area contributed by atoms with Gasteiger partial charge in [-0.2, -0.15) is 0 Å². The van der Waals surface area contributed by atoms with Crippen molar-refractivity contribution < 1.29 is 5.11 Å². The van der Waals surface area contributed by atoms with Gasteiger partial charge >= 0.3 is 0 Å². The molecule has 1 aliphatic rings. The molecule has 0 radical (unpaired) electrons. The summed E-state index contributed by atoms with van der Waals surface area (Å²) in [4.78, 5) is 2.53. The number of aliphatic hydroxyl groups is 1. The number of aliphatic hydroxyl groups excluding tert-OH is 1. The third-order valence-electron chi connectivity index (χ3n) is 3.61. The quantitative estimate of drug-likeness (QED) is 0.820. The van der Waals surface area contributed by atoms with Gasteiger partial charge in [0.15, 0.2) is 0 Å². The Bertz CT molecular complexity index is 386. The summed E-state index contributed by atoms with van der Waals surface area (Å²) in [5.74, 6) is 0.688. The number of nitrogens with zero attached hydrogens (tertiary/aromatic N) is 1. The minimum absolute atomic E-state index is 0.384. The highest BCUT2D eigenvalue weighted by Crippen LogP contribution is 2.29. The summed E-state index contributed by atoms with van der Waals surface area (Å²) >= 11 is 5.86. The van der Waals surface area contributed by atoms with Crippen LogP contribution in [0.4, 0.5) is 0 Å². The van der Waals surface area contributed by atoms with E-state index in [1.165, 1.54) is 12.8 Å². The summed E-state index contributed by atoms with van der Waals surface area (Å²) < 4.78 is 0. The molecule has 19 heavy (non-hydrogen) atoms. The first-order chi connectivity index (χ1) is 9.06. The van der Waals surface area contributed by atoms with Crippen LogP contribution < -0.4 is 0 Å². The molecular formula is C16H24ClNO. The molecule has 0 amide bonds. The second kappa shape index (κ2) is 6.74. The van der Waals surface area contributed by atoms with Gasteiger partial charge in [-0.3, -0.25) is 0 Å². The van der Waals surface area contributed by atoms with Crippen LogP contribution in [0.5, 0.6) is 0 Å². The Labute approximate surface area is 121 Å². The fourth-order valence-electron chi connectivity index (χ4n) is 2.47. The average Bonchev–Trinajstić information content (AvgIpc) is 3.18. The molecule has 1 atom stereocenters. The van der Waals surface area contributed by atoms with Gasteiger partial charge in [-0.1, -0.05) is 37.6 Å². The van der Waals surface area contributed by atoms with Gasteiger partial charge in [0, 0.05) is 24.2 Å². The lowest BCUT2D eigenvalue weighted by atomic mass is 10.1. The lowest BCUT2D eigenvalue weighted by molar-refractivity contribution is 0.134. The first-order valence-electron chi connectivity index (χ1n) is 7.24. The molecule has 1 unspecified atom stereocenters. The highest BCUT2D eigenvalue weighted by molar-refractivity contribution is 6.30. The minimum atomic E-state index is -0.384. The monoisotopic (exact) mass is 281 g/mol. The molecule has 0 aliphatic heterocycles. The number of hydrogen-bond acceptors (Lipinski definition) is 2. The van der Waals surface area contributed by atoms with Crippen LogP contribution in [0.3, 0.4) is 0 Å². The molecule has 0 aromatic heterocycles. The molecule has 1 saturated carbocycles. The van der Waals surface area contributed by atoms with Gasteiger partial charge in [0.2, 0.25) is 0 Å². The molecule has 2 rings (SSSR count). The van der Waals surface area contributed by atoms with Gasteiger partial charge in [-0.05, 0) is 42.9 Å². The maximum absolute atomic E-state index is 10.2. The van der Waals surface area contributed by atoms with Crippen LogP contribution in [-0.2, 0) is 0 Å². The fourth-order valence-corrected chi connectivity index (χ4v) is 2.60. The van der Waals surface area contributed by atoms with Crippen LogP contribution in [0.15, 0.2) is 24.3 Å². The van der Waals surface area contributed by atoms with Crippen molar-refractivity contribution in [2.45, 2.75) is 45.3 Å². The van der Waals surface area contributed by atoms with E-state index in [2.05, 4.69) is 18.7 Å². The number of halogens is 1. The van der Waals surface area contributed by atoms with Crippen molar-refractivity contribution in [2.75, 3.05) is 13.1 Å². The van der Waals surface area contributed by atoms with Crippen LogP contribution in [0.2, 0.25) is 5.02 Å². The van der Waals surface area contributed by atoms with E-state index in [4.69, 9.17) is 11.6 Å². The van der Waals surface area contributed by atoms with Crippen molar-refractivity contribution in [3.63, 3.8) is 0 Å². The fraction of sp³-hybridized carbons (Fsp3) is 0.625. The van der Waals surface area contributed by atoms with E-state index >= 15 is 0 Å². The lowest BCUT2D eigenvalue weighted by Gasteiger charge is -2.25. The smallest absolute Gasteiger partial charge is 0.0802 e. The predicted octanol–water partition coefficient (Wildman–Crippen LogP) is 3.88. The summed E-state index contributed by atoms with van der Waals surface area (Å²) in [7, 11) is 0. The Kier molecular flexibility index (Phi) is 5.26. The van der Waals surface area contributed by atoms with Gasteiger partial charge in [0.1, 0.15) is 0 Å². The lowest BCUT2D eigenvalue weighted by Crippen LogP contribution is -2.31. The third-order valence-corrected chi connectivity index (χ3v) is 3.86. The predicted molar refractivity (Wildman–Crippen MR) is 80.5 cm³/mol.